The lowest BCUT2D eigenvalue weighted by atomic mass is 9.65. The van der Waals surface area contributed by atoms with E-state index in [9.17, 15) is 9.59 Å². The van der Waals surface area contributed by atoms with Gasteiger partial charge in [0.2, 0.25) is 11.8 Å². The van der Waals surface area contributed by atoms with Gasteiger partial charge in [0.1, 0.15) is 5.41 Å². The van der Waals surface area contributed by atoms with E-state index in [0.29, 0.717) is 5.02 Å². The Hall–Kier alpha value is -1.85. The molecule has 24 heavy (non-hydrogen) atoms. The Labute approximate surface area is 152 Å². The molecule has 4 rings (SSSR count). The Balaban J connectivity index is 1.91. The summed E-state index contributed by atoms with van der Waals surface area (Å²) in [4.78, 5) is 25.0. The second kappa shape index (κ2) is 5.60. The normalized spacial score (nSPS) is 25.3. The van der Waals surface area contributed by atoms with E-state index in [4.69, 9.17) is 11.6 Å². The minimum absolute atomic E-state index is 0.0409. The fourth-order valence-corrected chi connectivity index (χ4v) is 4.39. The molecule has 2 aliphatic rings. The first-order valence-corrected chi connectivity index (χ1v) is 8.81. The SMILES string of the molecule is O=C1C[C@@H](c2cccc(Br)c2)[C@@]2(CN1)C(=O)Nc1cc(Cl)ccc12. The van der Waals surface area contributed by atoms with Crippen LogP contribution in [-0.2, 0) is 15.0 Å². The number of halogens is 2. The van der Waals surface area contributed by atoms with Crippen molar-refractivity contribution in [2.45, 2.75) is 17.8 Å². The van der Waals surface area contributed by atoms with Crippen molar-refractivity contribution >= 4 is 45.0 Å². The number of carbonyl (C=O) groups is 2. The molecular weight excluding hydrogens is 392 g/mol. The first kappa shape index (κ1) is 15.7. The lowest BCUT2D eigenvalue weighted by Gasteiger charge is -2.40. The van der Waals surface area contributed by atoms with Crippen LogP contribution in [-0.4, -0.2) is 18.4 Å². The number of piperidine rings is 1. The summed E-state index contributed by atoms with van der Waals surface area (Å²) in [5.74, 6) is -0.364. The predicted octanol–water partition coefficient (Wildman–Crippen LogP) is 3.60. The van der Waals surface area contributed by atoms with Crippen LogP contribution < -0.4 is 10.6 Å². The van der Waals surface area contributed by atoms with Gasteiger partial charge in [-0.25, -0.2) is 0 Å². The number of hydrogen-bond donors (Lipinski definition) is 2. The van der Waals surface area contributed by atoms with Crippen molar-refractivity contribution in [1.29, 1.82) is 0 Å². The van der Waals surface area contributed by atoms with Crippen LogP contribution in [0.3, 0.4) is 0 Å². The molecule has 6 heteroatoms. The molecule has 122 valence electrons. The summed E-state index contributed by atoms with van der Waals surface area (Å²) in [6.45, 7) is 0.281. The third kappa shape index (κ3) is 2.26. The molecule has 0 saturated carbocycles. The smallest absolute Gasteiger partial charge is 0.237 e. The summed E-state index contributed by atoms with van der Waals surface area (Å²) in [5, 5.41) is 6.39. The predicted molar refractivity (Wildman–Crippen MR) is 96.3 cm³/mol. The highest BCUT2D eigenvalue weighted by atomic mass is 79.9. The second-order valence-electron chi connectivity index (χ2n) is 6.20. The number of rotatable bonds is 1. The molecule has 1 spiro atoms. The lowest BCUT2D eigenvalue weighted by Crippen LogP contribution is -2.54. The van der Waals surface area contributed by atoms with E-state index in [-0.39, 0.29) is 30.7 Å². The number of amides is 2. The molecule has 2 aromatic rings. The minimum Gasteiger partial charge on any atom is -0.355 e. The number of benzene rings is 2. The minimum atomic E-state index is -0.811. The van der Waals surface area contributed by atoms with Gasteiger partial charge in [-0.15, -0.1) is 0 Å². The summed E-state index contributed by atoms with van der Waals surface area (Å²) in [7, 11) is 0. The van der Waals surface area contributed by atoms with Crippen LogP contribution in [0.15, 0.2) is 46.9 Å². The van der Waals surface area contributed by atoms with Gasteiger partial charge in [-0.3, -0.25) is 9.59 Å². The molecule has 4 nitrogen and oxygen atoms in total. The maximum atomic E-state index is 13.0. The van der Waals surface area contributed by atoms with Gasteiger partial charge in [-0.2, -0.15) is 0 Å². The molecule has 1 saturated heterocycles. The Morgan fingerprint density at radius 2 is 2.00 bits per heavy atom. The van der Waals surface area contributed by atoms with E-state index in [0.717, 1.165) is 21.3 Å². The molecule has 1 fully saturated rings. The first-order valence-electron chi connectivity index (χ1n) is 7.64. The van der Waals surface area contributed by atoms with Crippen molar-refractivity contribution < 1.29 is 9.59 Å². The molecule has 0 aromatic heterocycles. The third-order valence-electron chi connectivity index (χ3n) is 4.92. The zero-order valence-electron chi connectivity index (χ0n) is 12.6. The standard InChI is InChI=1S/C18H14BrClN2O2/c19-11-3-1-2-10(6-11)14-8-16(23)21-9-18(14)13-5-4-12(20)7-15(13)22-17(18)24/h1-7,14H,8-9H2,(H,21,23)(H,22,24)/t14-,18-/m0/s1. The monoisotopic (exact) mass is 404 g/mol. The largest absolute Gasteiger partial charge is 0.355 e. The molecule has 2 amide bonds. The summed E-state index contributed by atoms with van der Waals surface area (Å²) in [5.41, 5.74) is 1.77. The van der Waals surface area contributed by atoms with E-state index < -0.39 is 5.41 Å². The van der Waals surface area contributed by atoms with Crippen LogP contribution in [0.5, 0.6) is 0 Å². The molecule has 2 N–H and O–H groups in total. The van der Waals surface area contributed by atoms with Gasteiger partial charge < -0.3 is 10.6 Å². The average Bonchev–Trinajstić information content (AvgIpc) is 2.81. The Morgan fingerprint density at radius 1 is 1.17 bits per heavy atom. The van der Waals surface area contributed by atoms with E-state index in [1.807, 2.05) is 30.3 Å². The highest BCUT2D eigenvalue weighted by molar-refractivity contribution is 9.10. The van der Waals surface area contributed by atoms with Crippen LogP contribution >= 0.6 is 27.5 Å². The zero-order valence-corrected chi connectivity index (χ0v) is 14.9. The molecule has 0 bridgehead atoms. The highest BCUT2D eigenvalue weighted by Gasteiger charge is 2.55. The van der Waals surface area contributed by atoms with Crippen molar-refractivity contribution in [3.05, 3.63) is 63.1 Å². The number of fused-ring (bicyclic) bond motifs is 2. The van der Waals surface area contributed by atoms with Gasteiger partial charge >= 0.3 is 0 Å². The molecule has 0 aliphatic carbocycles. The Kier molecular flexibility index (Phi) is 3.66. The van der Waals surface area contributed by atoms with Crippen molar-refractivity contribution in [3.63, 3.8) is 0 Å². The van der Waals surface area contributed by atoms with E-state index in [1.54, 1.807) is 12.1 Å². The van der Waals surface area contributed by atoms with Gasteiger partial charge in [0, 0.05) is 34.1 Å². The topological polar surface area (TPSA) is 58.2 Å². The van der Waals surface area contributed by atoms with Crippen molar-refractivity contribution in [1.82, 2.24) is 5.32 Å². The molecule has 0 unspecified atom stereocenters. The number of anilines is 1. The fourth-order valence-electron chi connectivity index (χ4n) is 3.81. The Bertz CT molecular complexity index is 870. The van der Waals surface area contributed by atoms with Gasteiger partial charge in [0.25, 0.3) is 0 Å². The van der Waals surface area contributed by atoms with Crippen molar-refractivity contribution in [2.75, 3.05) is 11.9 Å². The van der Waals surface area contributed by atoms with Gasteiger partial charge in [0.15, 0.2) is 0 Å². The van der Waals surface area contributed by atoms with Crippen LogP contribution in [0, 0.1) is 0 Å². The summed E-state index contributed by atoms with van der Waals surface area (Å²) in [6.07, 6.45) is 0.270. The highest BCUT2D eigenvalue weighted by Crippen LogP contribution is 2.50. The van der Waals surface area contributed by atoms with E-state index in [1.165, 1.54) is 0 Å². The summed E-state index contributed by atoms with van der Waals surface area (Å²) >= 11 is 9.55. The third-order valence-corrected chi connectivity index (χ3v) is 5.64. The van der Waals surface area contributed by atoms with Crippen LogP contribution in [0.25, 0.3) is 0 Å². The lowest BCUT2D eigenvalue weighted by molar-refractivity contribution is -0.128. The fraction of sp³-hybridized carbons (Fsp3) is 0.222. The van der Waals surface area contributed by atoms with E-state index >= 15 is 0 Å². The van der Waals surface area contributed by atoms with Crippen LogP contribution in [0.1, 0.15) is 23.5 Å². The van der Waals surface area contributed by atoms with Gasteiger partial charge in [-0.1, -0.05) is 45.7 Å². The molecule has 2 heterocycles. The molecule has 2 aromatic carbocycles. The molecule has 2 aliphatic heterocycles. The van der Waals surface area contributed by atoms with Crippen molar-refractivity contribution in [2.24, 2.45) is 0 Å². The number of nitrogens with one attached hydrogen (secondary N) is 2. The van der Waals surface area contributed by atoms with Gasteiger partial charge in [0.05, 0.1) is 0 Å². The second-order valence-corrected chi connectivity index (χ2v) is 7.56. The maximum Gasteiger partial charge on any atom is 0.237 e. The average molecular weight is 406 g/mol. The van der Waals surface area contributed by atoms with Crippen LogP contribution in [0.2, 0.25) is 5.02 Å². The molecule has 2 atom stereocenters. The number of hydrogen-bond acceptors (Lipinski definition) is 2. The first-order chi connectivity index (χ1) is 11.5. The summed E-state index contributed by atoms with van der Waals surface area (Å²) < 4.78 is 0.927. The molecular formula is C18H14BrClN2O2. The Morgan fingerprint density at radius 3 is 2.79 bits per heavy atom. The molecule has 0 radical (unpaired) electrons. The van der Waals surface area contributed by atoms with Crippen molar-refractivity contribution in [3.8, 4) is 0 Å². The van der Waals surface area contributed by atoms with Crippen LogP contribution in [0.4, 0.5) is 5.69 Å². The zero-order chi connectivity index (χ0) is 16.9. The number of carbonyl (C=O) groups excluding carboxylic acids is 2. The quantitative estimate of drug-likeness (QED) is 0.762. The van der Waals surface area contributed by atoms with E-state index in [2.05, 4.69) is 26.6 Å². The van der Waals surface area contributed by atoms with Gasteiger partial charge in [-0.05, 0) is 35.4 Å². The summed E-state index contributed by atoms with van der Waals surface area (Å²) in [6, 6.07) is 13.2. The maximum absolute atomic E-state index is 13.0.